The van der Waals surface area contributed by atoms with Crippen LogP contribution in [-0.2, 0) is 9.53 Å². The fourth-order valence-electron chi connectivity index (χ4n) is 0.913. The van der Waals surface area contributed by atoms with Gasteiger partial charge in [-0.2, -0.15) is 0 Å². The maximum atomic E-state index is 11.0. The summed E-state index contributed by atoms with van der Waals surface area (Å²) >= 11 is 0. The van der Waals surface area contributed by atoms with Gasteiger partial charge >= 0.3 is 5.97 Å². The molecule has 0 radical (unpaired) electrons. The van der Waals surface area contributed by atoms with Gasteiger partial charge in [0, 0.05) is 19.5 Å². The summed E-state index contributed by atoms with van der Waals surface area (Å²) in [6, 6.07) is 0. The summed E-state index contributed by atoms with van der Waals surface area (Å²) in [5, 5.41) is 3.04. The molecule has 0 aliphatic carbocycles. The second-order valence-corrected chi connectivity index (χ2v) is 3.37. The van der Waals surface area contributed by atoms with Crippen molar-refractivity contribution >= 4 is 5.97 Å². The van der Waals surface area contributed by atoms with Crippen LogP contribution in [-0.4, -0.2) is 25.2 Å². The summed E-state index contributed by atoms with van der Waals surface area (Å²) in [6.45, 7) is 5.67. The van der Waals surface area contributed by atoms with Crippen molar-refractivity contribution in [2.45, 2.75) is 26.4 Å². The zero-order valence-corrected chi connectivity index (χ0v) is 7.09. The van der Waals surface area contributed by atoms with E-state index in [1.165, 1.54) is 0 Å². The number of esters is 1. The predicted molar refractivity (Wildman–Crippen MR) is 42.2 cm³/mol. The second-order valence-electron chi connectivity index (χ2n) is 3.37. The molecule has 11 heavy (non-hydrogen) atoms. The van der Waals surface area contributed by atoms with E-state index in [-0.39, 0.29) is 12.1 Å². The molecule has 0 aromatic rings. The van der Waals surface area contributed by atoms with E-state index in [9.17, 15) is 4.79 Å². The van der Waals surface area contributed by atoms with E-state index in [4.69, 9.17) is 4.74 Å². The summed E-state index contributed by atoms with van der Waals surface area (Å²) < 4.78 is 5.10. The molecule has 0 amide bonds. The Bertz CT molecular complexity index is 141. The van der Waals surface area contributed by atoms with Gasteiger partial charge in [-0.25, -0.2) is 0 Å². The minimum Gasteiger partial charge on any atom is -0.460 e. The minimum atomic E-state index is -0.0634. The molecule has 0 bridgehead atoms. The van der Waals surface area contributed by atoms with E-state index in [0.717, 1.165) is 13.1 Å². The third-order valence-corrected chi connectivity index (χ3v) is 1.62. The molecule has 1 aliphatic rings. The summed E-state index contributed by atoms with van der Waals surface area (Å²) in [7, 11) is 0. The summed E-state index contributed by atoms with van der Waals surface area (Å²) in [4.78, 5) is 11.0. The van der Waals surface area contributed by atoms with Crippen LogP contribution in [0.4, 0.5) is 0 Å². The van der Waals surface area contributed by atoms with E-state index >= 15 is 0 Å². The lowest BCUT2D eigenvalue weighted by Gasteiger charge is -2.26. The van der Waals surface area contributed by atoms with Crippen LogP contribution in [0.3, 0.4) is 0 Å². The van der Waals surface area contributed by atoms with Gasteiger partial charge in [0.1, 0.15) is 6.10 Å². The second kappa shape index (κ2) is 3.72. The van der Waals surface area contributed by atoms with Crippen molar-refractivity contribution in [1.29, 1.82) is 0 Å². The molecule has 0 aromatic heterocycles. The molecule has 0 unspecified atom stereocenters. The maximum absolute atomic E-state index is 11.0. The topological polar surface area (TPSA) is 38.3 Å². The van der Waals surface area contributed by atoms with Gasteiger partial charge in [-0.3, -0.25) is 4.79 Å². The zero-order valence-electron chi connectivity index (χ0n) is 7.09. The van der Waals surface area contributed by atoms with Crippen LogP contribution in [0, 0.1) is 5.92 Å². The van der Waals surface area contributed by atoms with Gasteiger partial charge in [0.2, 0.25) is 0 Å². The van der Waals surface area contributed by atoms with Crippen molar-refractivity contribution in [2.75, 3.05) is 13.1 Å². The molecular formula is C8H15NO2. The van der Waals surface area contributed by atoms with E-state index in [1.54, 1.807) is 0 Å². The van der Waals surface area contributed by atoms with Crippen LogP contribution >= 0.6 is 0 Å². The summed E-state index contributed by atoms with van der Waals surface area (Å²) in [5.41, 5.74) is 0. The Kier molecular flexibility index (Phi) is 2.88. The Balaban J connectivity index is 2.09. The fraction of sp³-hybridized carbons (Fsp3) is 0.875. The van der Waals surface area contributed by atoms with Crippen LogP contribution in [0.15, 0.2) is 0 Å². The van der Waals surface area contributed by atoms with Crippen LogP contribution in [0.1, 0.15) is 20.3 Å². The minimum absolute atomic E-state index is 0.0634. The smallest absolute Gasteiger partial charge is 0.306 e. The molecule has 3 heteroatoms. The quantitative estimate of drug-likeness (QED) is 0.608. The van der Waals surface area contributed by atoms with Crippen LogP contribution in [0.25, 0.3) is 0 Å². The van der Waals surface area contributed by atoms with Gasteiger partial charge in [0.25, 0.3) is 0 Å². The molecule has 1 N–H and O–H groups in total. The standard InChI is InChI=1S/C8H15NO2/c1-6(2)3-8(10)11-7-4-9-5-7/h6-7,9H,3-5H2,1-2H3. The zero-order chi connectivity index (χ0) is 8.27. The molecule has 64 valence electrons. The normalized spacial score (nSPS) is 18.1. The molecule has 3 nitrogen and oxygen atoms in total. The first-order valence-corrected chi connectivity index (χ1v) is 4.08. The number of carbonyl (C=O) groups excluding carboxylic acids is 1. The lowest BCUT2D eigenvalue weighted by molar-refractivity contribution is -0.152. The maximum Gasteiger partial charge on any atom is 0.306 e. The molecule has 0 spiro atoms. The van der Waals surface area contributed by atoms with Gasteiger partial charge in [-0.15, -0.1) is 0 Å². The van der Waals surface area contributed by atoms with Crippen molar-refractivity contribution in [1.82, 2.24) is 5.32 Å². The van der Waals surface area contributed by atoms with Crippen LogP contribution in [0.5, 0.6) is 0 Å². The Morgan fingerprint density at radius 1 is 1.64 bits per heavy atom. The van der Waals surface area contributed by atoms with Gasteiger partial charge in [-0.1, -0.05) is 13.8 Å². The molecule has 0 saturated carbocycles. The molecule has 1 rings (SSSR count). The molecule has 1 heterocycles. The average molecular weight is 157 g/mol. The van der Waals surface area contributed by atoms with Gasteiger partial charge in [-0.05, 0) is 5.92 Å². The Labute approximate surface area is 67.1 Å². The highest BCUT2D eigenvalue weighted by Gasteiger charge is 2.20. The number of rotatable bonds is 3. The number of ether oxygens (including phenoxy) is 1. The molecule has 1 saturated heterocycles. The number of hydrogen-bond acceptors (Lipinski definition) is 3. The number of nitrogens with one attached hydrogen (secondary N) is 1. The van der Waals surface area contributed by atoms with Gasteiger partial charge in [0.05, 0.1) is 0 Å². The number of hydrogen-bond donors (Lipinski definition) is 1. The molecule has 1 fully saturated rings. The first-order chi connectivity index (χ1) is 5.18. The SMILES string of the molecule is CC(C)CC(=O)OC1CNC1. The molecule has 1 aliphatic heterocycles. The first kappa shape index (κ1) is 8.53. The predicted octanol–water partition coefficient (Wildman–Crippen LogP) is 0.547. The Hall–Kier alpha value is -0.570. The van der Waals surface area contributed by atoms with E-state index in [1.807, 2.05) is 13.8 Å². The van der Waals surface area contributed by atoms with Gasteiger partial charge < -0.3 is 10.1 Å². The molecular weight excluding hydrogens is 142 g/mol. The third-order valence-electron chi connectivity index (χ3n) is 1.62. The highest BCUT2D eigenvalue weighted by atomic mass is 16.5. The summed E-state index contributed by atoms with van der Waals surface area (Å²) in [6.07, 6.45) is 0.678. The lowest BCUT2D eigenvalue weighted by atomic mass is 10.1. The van der Waals surface area contributed by atoms with Crippen molar-refractivity contribution in [3.05, 3.63) is 0 Å². The fourth-order valence-corrected chi connectivity index (χ4v) is 0.913. The average Bonchev–Trinajstić information content (AvgIpc) is 1.77. The van der Waals surface area contributed by atoms with Crippen molar-refractivity contribution in [3.8, 4) is 0 Å². The number of carbonyl (C=O) groups is 1. The lowest BCUT2D eigenvalue weighted by Crippen LogP contribution is -2.49. The highest BCUT2D eigenvalue weighted by molar-refractivity contribution is 5.69. The van der Waals surface area contributed by atoms with Crippen molar-refractivity contribution < 1.29 is 9.53 Å². The van der Waals surface area contributed by atoms with Crippen molar-refractivity contribution in [2.24, 2.45) is 5.92 Å². The van der Waals surface area contributed by atoms with E-state index < -0.39 is 0 Å². The largest absolute Gasteiger partial charge is 0.460 e. The molecule has 0 aromatic carbocycles. The van der Waals surface area contributed by atoms with Crippen LogP contribution < -0.4 is 5.32 Å². The van der Waals surface area contributed by atoms with E-state index in [2.05, 4.69) is 5.32 Å². The third kappa shape index (κ3) is 2.89. The highest BCUT2D eigenvalue weighted by Crippen LogP contribution is 2.05. The van der Waals surface area contributed by atoms with Gasteiger partial charge in [0.15, 0.2) is 0 Å². The molecule has 0 atom stereocenters. The Morgan fingerprint density at radius 3 is 2.64 bits per heavy atom. The summed E-state index contributed by atoms with van der Waals surface area (Å²) in [5.74, 6) is 0.335. The Morgan fingerprint density at radius 2 is 2.27 bits per heavy atom. The monoisotopic (exact) mass is 157 g/mol. The van der Waals surface area contributed by atoms with Crippen molar-refractivity contribution in [3.63, 3.8) is 0 Å². The van der Waals surface area contributed by atoms with E-state index in [0.29, 0.717) is 12.3 Å². The first-order valence-electron chi connectivity index (χ1n) is 4.08. The van der Waals surface area contributed by atoms with Crippen LogP contribution in [0.2, 0.25) is 0 Å².